The van der Waals surface area contributed by atoms with Crippen molar-refractivity contribution in [1.82, 2.24) is 9.97 Å². The van der Waals surface area contributed by atoms with Crippen molar-refractivity contribution in [2.45, 2.75) is 187 Å². The fourth-order valence-corrected chi connectivity index (χ4v) is 8.16. The molecule has 0 fully saturated rings. The first-order chi connectivity index (χ1) is 30.5. The van der Waals surface area contributed by atoms with E-state index in [9.17, 15) is 9.59 Å². The van der Waals surface area contributed by atoms with Crippen LogP contribution >= 0.6 is 23.2 Å². The first-order valence-corrected chi connectivity index (χ1v) is 25.2. The van der Waals surface area contributed by atoms with Gasteiger partial charge in [-0.05, 0) is 122 Å². The quantitative estimate of drug-likeness (QED) is 0.0234. The maximum Gasteiger partial charge on any atom is 0.329 e. The van der Waals surface area contributed by atoms with E-state index in [1.165, 1.54) is 120 Å². The lowest BCUT2D eigenvalue weighted by Gasteiger charge is -2.11. The Kier molecular flexibility index (Phi) is 27.2. The number of rotatable bonds is 29. The molecule has 2 unspecified atom stereocenters. The molecule has 4 aromatic rings. The molecule has 4 rings (SSSR count). The van der Waals surface area contributed by atoms with E-state index in [1.54, 1.807) is 24.3 Å². The molecule has 63 heavy (non-hydrogen) atoms. The van der Waals surface area contributed by atoms with E-state index in [1.807, 2.05) is 64.4 Å². The van der Waals surface area contributed by atoms with E-state index in [-0.39, 0.29) is 0 Å². The number of nitrogens with zero attached hydrogens (tertiary/aromatic N) is 2. The van der Waals surface area contributed by atoms with Crippen LogP contribution in [0.3, 0.4) is 0 Å². The summed E-state index contributed by atoms with van der Waals surface area (Å²) in [6.45, 7) is 12.7. The average Bonchev–Trinajstić information content (AvgIpc) is 3.27. The van der Waals surface area contributed by atoms with E-state index >= 15 is 0 Å². The number of benzene rings is 2. The third-order valence-electron chi connectivity index (χ3n) is 11.1. The lowest BCUT2D eigenvalue weighted by molar-refractivity contribution is -0.135. The summed E-state index contributed by atoms with van der Waals surface area (Å²) in [6, 6.07) is 23.4. The summed E-state index contributed by atoms with van der Waals surface area (Å²) < 4.78 is 10.8. The highest BCUT2D eigenvalue weighted by molar-refractivity contribution is 6.30. The van der Waals surface area contributed by atoms with Crippen molar-refractivity contribution in [3.05, 3.63) is 96.3 Å². The zero-order chi connectivity index (χ0) is 45.7. The molecular weight excluding hydrogens is 824 g/mol. The van der Waals surface area contributed by atoms with Gasteiger partial charge in [0.05, 0.1) is 11.4 Å². The Morgan fingerprint density at radius 2 is 0.778 bits per heavy atom. The van der Waals surface area contributed by atoms with Gasteiger partial charge < -0.3 is 9.47 Å². The Hall–Kier alpha value is -3.74. The van der Waals surface area contributed by atoms with Gasteiger partial charge in [0, 0.05) is 23.5 Å². The summed E-state index contributed by atoms with van der Waals surface area (Å²) >= 11 is 12.2. The second-order valence-electron chi connectivity index (χ2n) is 18.0. The van der Waals surface area contributed by atoms with Crippen molar-refractivity contribution in [3.8, 4) is 34.0 Å². The van der Waals surface area contributed by atoms with Gasteiger partial charge in [-0.1, -0.05) is 150 Å². The summed E-state index contributed by atoms with van der Waals surface area (Å²) in [5.41, 5.74) is 6.44. The van der Waals surface area contributed by atoms with Crippen molar-refractivity contribution in [1.29, 1.82) is 0 Å². The van der Waals surface area contributed by atoms with Crippen LogP contribution < -0.4 is 9.47 Å². The van der Waals surface area contributed by atoms with Gasteiger partial charge in [-0.25, -0.2) is 0 Å². The summed E-state index contributed by atoms with van der Waals surface area (Å²) in [5, 5.41) is -1.23. The number of carbonyl (C=O) groups is 2. The Morgan fingerprint density at radius 1 is 0.460 bits per heavy atom. The van der Waals surface area contributed by atoms with Gasteiger partial charge in [-0.2, -0.15) is 0 Å². The molecular formula is C55H78Cl2N2O4. The predicted molar refractivity (Wildman–Crippen MR) is 266 cm³/mol. The smallest absolute Gasteiger partial charge is 0.329 e. The Labute approximate surface area is 391 Å². The molecule has 0 saturated heterocycles. The molecule has 0 aliphatic carbocycles. The minimum absolute atomic E-state index is 0.349. The third kappa shape index (κ3) is 23.1. The van der Waals surface area contributed by atoms with Gasteiger partial charge in [0.25, 0.3) is 0 Å². The van der Waals surface area contributed by atoms with Crippen LogP contribution in [-0.4, -0.2) is 32.7 Å². The highest BCUT2D eigenvalue weighted by atomic mass is 35.5. The maximum absolute atomic E-state index is 12.1. The largest absolute Gasteiger partial charge is 0.425 e. The van der Waals surface area contributed by atoms with E-state index in [2.05, 4.69) is 48.1 Å². The predicted octanol–water partition coefficient (Wildman–Crippen LogP) is 16.4. The molecule has 0 amide bonds. The van der Waals surface area contributed by atoms with E-state index in [4.69, 9.17) is 32.7 Å². The Morgan fingerprint density at radius 3 is 1.06 bits per heavy atom. The van der Waals surface area contributed by atoms with Crippen molar-refractivity contribution in [2.24, 2.45) is 11.8 Å². The van der Waals surface area contributed by atoms with E-state index in [0.717, 1.165) is 35.4 Å². The second-order valence-corrected chi connectivity index (χ2v) is 19.0. The van der Waals surface area contributed by atoms with Crippen molar-refractivity contribution < 1.29 is 19.1 Å². The molecule has 6 nitrogen and oxygen atoms in total. The van der Waals surface area contributed by atoms with Crippen LogP contribution in [0.5, 0.6) is 11.5 Å². The minimum Gasteiger partial charge on any atom is -0.425 e. The van der Waals surface area contributed by atoms with Gasteiger partial charge in [0.2, 0.25) is 0 Å². The molecule has 0 spiro atoms. The lowest BCUT2D eigenvalue weighted by atomic mass is 10.0. The van der Waals surface area contributed by atoms with Gasteiger partial charge >= 0.3 is 11.9 Å². The Balaban J connectivity index is 0.000000335. The number of halogens is 2. The monoisotopic (exact) mass is 901 g/mol. The summed E-state index contributed by atoms with van der Waals surface area (Å²) in [4.78, 5) is 33.4. The van der Waals surface area contributed by atoms with Crippen LogP contribution in [0.1, 0.15) is 175 Å². The molecule has 346 valence electrons. The molecule has 2 atom stereocenters. The molecule has 0 aliphatic heterocycles. The number of hydrogen-bond donors (Lipinski definition) is 0. The average molecular weight is 902 g/mol. The number of unbranched alkanes of at least 4 members (excludes halogenated alkanes) is 15. The van der Waals surface area contributed by atoms with Gasteiger partial charge in [-0.3, -0.25) is 19.6 Å². The summed E-state index contributed by atoms with van der Waals surface area (Å²) in [5.74, 6) is 0.923. The highest BCUT2D eigenvalue weighted by Crippen LogP contribution is 2.25. The van der Waals surface area contributed by atoms with Crippen molar-refractivity contribution in [2.75, 3.05) is 0 Å². The number of pyridine rings is 2. The fourth-order valence-electron chi connectivity index (χ4n) is 7.36. The van der Waals surface area contributed by atoms with Gasteiger partial charge in [0.15, 0.2) is 0 Å². The topological polar surface area (TPSA) is 78.4 Å². The maximum atomic E-state index is 12.1. The normalized spacial score (nSPS) is 12.2. The zero-order valence-electron chi connectivity index (χ0n) is 39.5. The van der Waals surface area contributed by atoms with Crippen LogP contribution in [0, 0.1) is 11.8 Å². The molecule has 2 aromatic heterocycles. The number of alkyl halides is 2. The lowest BCUT2D eigenvalue weighted by Crippen LogP contribution is -2.22. The Bertz CT molecular complexity index is 1790. The highest BCUT2D eigenvalue weighted by Gasteiger charge is 2.20. The van der Waals surface area contributed by atoms with Crippen LogP contribution in [0.4, 0.5) is 0 Å². The van der Waals surface area contributed by atoms with Crippen LogP contribution in [-0.2, 0) is 22.4 Å². The fraction of sp³-hybridized carbons (Fsp3) is 0.564. The van der Waals surface area contributed by atoms with Crippen molar-refractivity contribution in [3.63, 3.8) is 0 Å². The molecule has 0 radical (unpaired) electrons. The molecule has 0 N–H and O–H groups in total. The van der Waals surface area contributed by atoms with Crippen LogP contribution in [0.25, 0.3) is 22.5 Å². The van der Waals surface area contributed by atoms with E-state index < -0.39 is 22.7 Å². The SMILES string of the molecule is CCCCCCCCCCCc1ccc(-c2ccc(OC(=O)C(Cl)CC(C)C)cc2)nc1.CCCCCCCCCCc1ccc(-c2ccc(OC(=O)C(Cl)CC(C)C)cc2)nc1. The molecule has 0 bridgehead atoms. The first kappa shape index (κ1) is 53.6. The number of esters is 2. The number of hydrogen-bond acceptors (Lipinski definition) is 6. The molecule has 8 heteroatoms. The van der Waals surface area contributed by atoms with Gasteiger partial charge in [0.1, 0.15) is 22.3 Å². The van der Waals surface area contributed by atoms with Crippen molar-refractivity contribution >= 4 is 35.1 Å². The molecule has 0 saturated carbocycles. The summed E-state index contributed by atoms with van der Waals surface area (Å²) in [7, 11) is 0. The number of aryl methyl sites for hydroxylation is 2. The third-order valence-corrected chi connectivity index (χ3v) is 11.9. The van der Waals surface area contributed by atoms with Gasteiger partial charge in [-0.15, -0.1) is 23.2 Å². The second kappa shape index (κ2) is 32.0. The molecule has 2 aromatic carbocycles. The zero-order valence-corrected chi connectivity index (χ0v) is 41.0. The summed E-state index contributed by atoms with van der Waals surface area (Å²) in [6.07, 6.45) is 30.2. The minimum atomic E-state index is -0.616. The molecule has 2 heterocycles. The number of ether oxygens (including phenoxy) is 2. The van der Waals surface area contributed by atoms with E-state index in [0.29, 0.717) is 36.2 Å². The van der Waals surface area contributed by atoms with Crippen LogP contribution in [0.15, 0.2) is 85.2 Å². The number of carbonyl (C=O) groups excluding carboxylic acids is 2. The van der Waals surface area contributed by atoms with Crippen LogP contribution in [0.2, 0.25) is 0 Å². The number of aromatic nitrogens is 2. The molecule has 0 aliphatic rings. The first-order valence-electron chi connectivity index (χ1n) is 24.3. The standard InChI is InChI=1S/C28H40ClNO2.C27H38ClNO2/c1-4-5-6-7-8-9-10-11-12-13-23-14-19-27(30-21-23)24-15-17-25(18-16-24)32-28(31)26(29)20-22(2)3;1-4-5-6-7-8-9-10-11-12-22-13-18-26(29-20-22)23-14-16-24(17-15-23)31-27(30)25(28)19-21(2)3/h14-19,21-22,26H,4-13,20H2,1-3H3;13-18,20-21,25H,4-12,19H2,1-3H3.